The molecule has 0 amide bonds. The Kier molecular flexibility index (Phi) is 3.46. The van der Waals surface area contributed by atoms with E-state index in [1.165, 1.54) is 12.1 Å². The molecule has 2 unspecified atom stereocenters. The van der Waals surface area contributed by atoms with Gasteiger partial charge in [-0.25, -0.2) is 0 Å². The zero-order valence-corrected chi connectivity index (χ0v) is 7.46. The Morgan fingerprint density at radius 2 is 1.93 bits per heavy atom. The molecular formula is C10H11NO3. The van der Waals surface area contributed by atoms with Gasteiger partial charge in [-0.1, -0.05) is 18.2 Å². The van der Waals surface area contributed by atoms with E-state index < -0.39 is 12.2 Å². The lowest BCUT2D eigenvalue weighted by Gasteiger charge is -2.16. The lowest BCUT2D eigenvalue weighted by molar-refractivity contribution is 0.0203. The van der Waals surface area contributed by atoms with Crippen molar-refractivity contribution in [3.05, 3.63) is 29.8 Å². The molecule has 3 N–H and O–H groups in total. The summed E-state index contributed by atoms with van der Waals surface area (Å²) in [4.78, 5) is 0. The van der Waals surface area contributed by atoms with Crippen LogP contribution in [-0.4, -0.2) is 21.4 Å². The first-order valence-electron chi connectivity index (χ1n) is 4.17. The number of hydrogen-bond donors (Lipinski definition) is 3. The standard InChI is InChI=1S/C10H11NO3/c11-6-5-9(13)10(14)7-3-1-2-4-8(7)12/h1-4,9-10,12-14H,5H2. The Bertz CT molecular complexity index is 345. The molecule has 1 rings (SSSR count). The number of aliphatic hydroxyl groups is 2. The number of rotatable bonds is 3. The molecule has 1 aromatic carbocycles. The summed E-state index contributed by atoms with van der Waals surface area (Å²) in [6, 6.07) is 7.91. The SMILES string of the molecule is N#CCC(O)C(O)c1ccccc1O. The van der Waals surface area contributed by atoms with Gasteiger partial charge in [0.15, 0.2) is 0 Å². The Balaban J connectivity index is 2.84. The number of benzene rings is 1. The minimum absolute atomic E-state index is 0.0861. The molecule has 0 heterocycles. The van der Waals surface area contributed by atoms with Crippen molar-refractivity contribution in [2.45, 2.75) is 18.6 Å². The summed E-state index contributed by atoms with van der Waals surface area (Å²) in [5, 5.41) is 36.5. The fourth-order valence-corrected chi connectivity index (χ4v) is 1.15. The van der Waals surface area contributed by atoms with Gasteiger partial charge in [-0.05, 0) is 6.07 Å². The molecule has 1 aromatic rings. The molecule has 0 radical (unpaired) electrons. The molecule has 0 aliphatic rings. The highest BCUT2D eigenvalue weighted by molar-refractivity contribution is 5.34. The lowest BCUT2D eigenvalue weighted by Crippen LogP contribution is -2.17. The molecule has 0 aromatic heterocycles. The minimum atomic E-state index is -1.23. The van der Waals surface area contributed by atoms with Gasteiger partial charge in [0, 0.05) is 5.56 Å². The summed E-state index contributed by atoms with van der Waals surface area (Å²) in [5.74, 6) is -0.0861. The van der Waals surface area contributed by atoms with Crippen molar-refractivity contribution in [3.8, 4) is 11.8 Å². The first kappa shape index (κ1) is 10.5. The van der Waals surface area contributed by atoms with Gasteiger partial charge in [0.05, 0.1) is 18.6 Å². The van der Waals surface area contributed by atoms with Gasteiger partial charge in [0.25, 0.3) is 0 Å². The quantitative estimate of drug-likeness (QED) is 0.659. The summed E-state index contributed by atoms with van der Waals surface area (Å²) in [6.45, 7) is 0. The molecule has 4 nitrogen and oxygen atoms in total. The summed E-state index contributed by atoms with van der Waals surface area (Å²) in [7, 11) is 0. The van der Waals surface area contributed by atoms with E-state index in [1.54, 1.807) is 18.2 Å². The van der Waals surface area contributed by atoms with E-state index in [1.807, 2.05) is 0 Å². The molecule has 0 aliphatic carbocycles. The fourth-order valence-electron chi connectivity index (χ4n) is 1.15. The second-order valence-electron chi connectivity index (χ2n) is 2.93. The Labute approximate surface area is 81.7 Å². The van der Waals surface area contributed by atoms with Crippen molar-refractivity contribution >= 4 is 0 Å². The van der Waals surface area contributed by atoms with Crippen molar-refractivity contribution in [1.82, 2.24) is 0 Å². The second kappa shape index (κ2) is 4.61. The molecule has 0 spiro atoms. The van der Waals surface area contributed by atoms with Crippen molar-refractivity contribution in [3.63, 3.8) is 0 Å². The van der Waals surface area contributed by atoms with Crippen molar-refractivity contribution in [2.24, 2.45) is 0 Å². The van der Waals surface area contributed by atoms with E-state index in [0.29, 0.717) is 0 Å². The molecule has 0 saturated carbocycles. The monoisotopic (exact) mass is 193 g/mol. The zero-order chi connectivity index (χ0) is 10.6. The predicted molar refractivity (Wildman–Crippen MR) is 49.3 cm³/mol. The molecule has 74 valence electrons. The average Bonchev–Trinajstić information content (AvgIpc) is 2.18. The highest BCUT2D eigenvalue weighted by Gasteiger charge is 2.20. The van der Waals surface area contributed by atoms with E-state index >= 15 is 0 Å². The van der Waals surface area contributed by atoms with Crippen molar-refractivity contribution < 1.29 is 15.3 Å². The Morgan fingerprint density at radius 1 is 1.29 bits per heavy atom. The normalized spacial score (nSPS) is 14.4. The number of para-hydroxylation sites is 1. The maximum absolute atomic E-state index is 9.54. The smallest absolute Gasteiger partial charge is 0.121 e. The molecule has 0 aliphatic heterocycles. The van der Waals surface area contributed by atoms with Crippen LogP contribution in [0.5, 0.6) is 5.75 Å². The van der Waals surface area contributed by atoms with Gasteiger partial charge in [-0.2, -0.15) is 5.26 Å². The Morgan fingerprint density at radius 3 is 2.50 bits per heavy atom. The fraction of sp³-hybridized carbons (Fsp3) is 0.300. The van der Waals surface area contributed by atoms with E-state index in [2.05, 4.69) is 0 Å². The van der Waals surface area contributed by atoms with Crippen LogP contribution in [0.1, 0.15) is 18.1 Å². The highest BCUT2D eigenvalue weighted by atomic mass is 16.3. The van der Waals surface area contributed by atoms with Crippen LogP contribution in [0.4, 0.5) is 0 Å². The summed E-state index contributed by atoms with van der Waals surface area (Å²) in [5.41, 5.74) is 0.232. The molecule has 0 saturated heterocycles. The third-order valence-corrected chi connectivity index (χ3v) is 1.92. The summed E-state index contributed by atoms with van der Waals surface area (Å²) in [6.07, 6.45) is -2.57. The second-order valence-corrected chi connectivity index (χ2v) is 2.93. The molecule has 4 heteroatoms. The Hall–Kier alpha value is -1.57. The van der Waals surface area contributed by atoms with Crippen LogP contribution in [0.3, 0.4) is 0 Å². The molecule has 14 heavy (non-hydrogen) atoms. The molecular weight excluding hydrogens is 182 g/mol. The summed E-state index contributed by atoms with van der Waals surface area (Å²) >= 11 is 0. The van der Waals surface area contributed by atoms with E-state index in [0.717, 1.165) is 0 Å². The third kappa shape index (κ3) is 2.22. The zero-order valence-electron chi connectivity index (χ0n) is 7.46. The van der Waals surface area contributed by atoms with Crippen molar-refractivity contribution in [1.29, 1.82) is 5.26 Å². The predicted octanol–water partition coefficient (Wildman–Crippen LogP) is 0.700. The van der Waals surface area contributed by atoms with Gasteiger partial charge >= 0.3 is 0 Å². The van der Waals surface area contributed by atoms with E-state index in [4.69, 9.17) is 5.26 Å². The molecule has 2 atom stereocenters. The van der Waals surface area contributed by atoms with Gasteiger partial charge in [0.2, 0.25) is 0 Å². The van der Waals surface area contributed by atoms with Crippen LogP contribution in [-0.2, 0) is 0 Å². The van der Waals surface area contributed by atoms with Crippen LogP contribution >= 0.6 is 0 Å². The van der Waals surface area contributed by atoms with Crippen LogP contribution in [0.15, 0.2) is 24.3 Å². The molecule has 0 bridgehead atoms. The van der Waals surface area contributed by atoms with Crippen LogP contribution in [0.25, 0.3) is 0 Å². The number of phenolic OH excluding ortho intramolecular Hbond substituents is 1. The number of nitriles is 1. The van der Waals surface area contributed by atoms with Crippen molar-refractivity contribution in [2.75, 3.05) is 0 Å². The number of nitrogens with zero attached hydrogens (tertiary/aromatic N) is 1. The number of aromatic hydroxyl groups is 1. The van der Waals surface area contributed by atoms with Gasteiger partial charge in [-0.3, -0.25) is 0 Å². The van der Waals surface area contributed by atoms with Gasteiger partial charge in [0.1, 0.15) is 11.9 Å². The minimum Gasteiger partial charge on any atom is -0.508 e. The maximum Gasteiger partial charge on any atom is 0.121 e. The number of aliphatic hydroxyl groups excluding tert-OH is 2. The largest absolute Gasteiger partial charge is 0.508 e. The van der Waals surface area contributed by atoms with E-state index in [9.17, 15) is 15.3 Å². The van der Waals surface area contributed by atoms with E-state index in [-0.39, 0.29) is 17.7 Å². The molecule has 0 fully saturated rings. The topological polar surface area (TPSA) is 84.5 Å². The van der Waals surface area contributed by atoms with Gasteiger partial charge in [-0.15, -0.1) is 0 Å². The van der Waals surface area contributed by atoms with Crippen LogP contribution in [0, 0.1) is 11.3 Å². The average molecular weight is 193 g/mol. The first-order valence-corrected chi connectivity index (χ1v) is 4.17. The van der Waals surface area contributed by atoms with Crippen LogP contribution < -0.4 is 0 Å². The lowest BCUT2D eigenvalue weighted by atomic mass is 10.0. The first-order chi connectivity index (χ1) is 6.66. The highest BCUT2D eigenvalue weighted by Crippen LogP contribution is 2.26. The summed E-state index contributed by atoms with van der Waals surface area (Å²) < 4.78 is 0. The maximum atomic E-state index is 9.54. The third-order valence-electron chi connectivity index (χ3n) is 1.92. The van der Waals surface area contributed by atoms with Crippen LogP contribution in [0.2, 0.25) is 0 Å². The number of phenols is 1. The van der Waals surface area contributed by atoms with Gasteiger partial charge < -0.3 is 15.3 Å². The number of hydrogen-bond acceptors (Lipinski definition) is 4.